The van der Waals surface area contributed by atoms with Crippen LogP contribution in [0.25, 0.3) is 0 Å². The van der Waals surface area contributed by atoms with Crippen LogP contribution < -0.4 is 0 Å². The fraction of sp³-hybridized carbons (Fsp3) is 0.533. The fourth-order valence-electron chi connectivity index (χ4n) is 3.66. The van der Waals surface area contributed by atoms with E-state index < -0.39 is 23.7 Å². The van der Waals surface area contributed by atoms with Crippen molar-refractivity contribution < 1.29 is 19.1 Å². The maximum atomic E-state index is 13.8. The van der Waals surface area contributed by atoms with Crippen LogP contribution in [0.15, 0.2) is 18.5 Å². The zero-order valence-corrected chi connectivity index (χ0v) is 11.5. The quantitative estimate of drug-likeness (QED) is 0.906. The molecule has 0 bridgehead atoms. The number of carboxylic acid groups (broad SMARTS) is 1. The lowest BCUT2D eigenvalue weighted by Gasteiger charge is -2.33. The average Bonchev–Trinajstić information content (AvgIpc) is 2.86. The Balaban J connectivity index is 1.95. The van der Waals surface area contributed by atoms with Gasteiger partial charge in [-0.1, -0.05) is 12.8 Å². The maximum absolute atomic E-state index is 13.8. The fourth-order valence-corrected chi connectivity index (χ4v) is 3.66. The summed E-state index contributed by atoms with van der Waals surface area (Å²) < 4.78 is 13.8. The highest BCUT2D eigenvalue weighted by molar-refractivity contribution is 5.97. The number of carbonyl (C=O) groups is 2. The Hall–Kier alpha value is -1.98. The Morgan fingerprint density at radius 3 is 2.81 bits per heavy atom. The Labute approximate surface area is 121 Å². The standard InChI is InChI=1S/C15H17FN2O3/c16-11-8-17-6-5-10(11)14(19)18-12-4-2-1-3-9(12)7-13(18)15(20)21/h5-6,8-9,12-13H,1-4,7H2,(H,20,21). The summed E-state index contributed by atoms with van der Waals surface area (Å²) in [6.45, 7) is 0. The highest BCUT2D eigenvalue weighted by Gasteiger charge is 2.48. The molecular formula is C15H17FN2O3. The molecule has 21 heavy (non-hydrogen) atoms. The zero-order valence-electron chi connectivity index (χ0n) is 11.5. The van der Waals surface area contributed by atoms with E-state index in [9.17, 15) is 19.1 Å². The van der Waals surface area contributed by atoms with Gasteiger partial charge >= 0.3 is 5.97 Å². The lowest BCUT2D eigenvalue weighted by molar-refractivity contribution is -0.141. The summed E-state index contributed by atoms with van der Waals surface area (Å²) in [6, 6.07) is 0.380. The first-order chi connectivity index (χ1) is 10.1. The SMILES string of the molecule is O=C(O)C1CC2CCCCC2N1C(=O)c1ccncc1F. The second-order valence-electron chi connectivity index (χ2n) is 5.77. The van der Waals surface area contributed by atoms with Gasteiger partial charge in [-0.15, -0.1) is 0 Å². The Morgan fingerprint density at radius 2 is 2.10 bits per heavy atom. The lowest BCUT2D eigenvalue weighted by Crippen LogP contribution is -2.46. The van der Waals surface area contributed by atoms with Crippen LogP contribution in [0.2, 0.25) is 0 Å². The molecule has 1 saturated heterocycles. The highest BCUT2D eigenvalue weighted by Crippen LogP contribution is 2.40. The number of carboxylic acids is 1. The van der Waals surface area contributed by atoms with Crippen LogP contribution >= 0.6 is 0 Å². The molecule has 1 aromatic rings. The summed E-state index contributed by atoms with van der Waals surface area (Å²) in [5, 5.41) is 9.40. The van der Waals surface area contributed by atoms with Crippen molar-refractivity contribution in [3.63, 3.8) is 0 Å². The lowest BCUT2D eigenvalue weighted by atomic mass is 9.84. The van der Waals surface area contributed by atoms with E-state index in [-0.39, 0.29) is 17.5 Å². The van der Waals surface area contributed by atoms with Crippen molar-refractivity contribution in [1.29, 1.82) is 0 Å². The molecule has 0 radical (unpaired) electrons. The summed E-state index contributed by atoms with van der Waals surface area (Å²) in [5.41, 5.74) is -0.0949. The number of hydrogen-bond acceptors (Lipinski definition) is 3. The van der Waals surface area contributed by atoms with Crippen LogP contribution in [0.4, 0.5) is 4.39 Å². The van der Waals surface area contributed by atoms with Gasteiger partial charge in [0.2, 0.25) is 0 Å². The first kappa shape index (κ1) is 14.0. The summed E-state index contributed by atoms with van der Waals surface area (Å²) in [6.07, 6.45) is 6.59. The molecule has 112 valence electrons. The zero-order chi connectivity index (χ0) is 15.0. The van der Waals surface area contributed by atoms with Gasteiger partial charge in [0.15, 0.2) is 5.82 Å². The highest BCUT2D eigenvalue weighted by atomic mass is 19.1. The molecule has 1 aromatic heterocycles. The summed E-state index contributed by atoms with van der Waals surface area (Å²) in [5.74, 6) is -2.02. The van der Waals surface area contributed by atoms with Gasteiger partial charge in [0.1, 0.15) is 6.04 Å². The number of fused-ring (bicyclic) bond motifs is 1. The third-order valence-corrected chi connectivity index (χ3v) is 4.61. The number of rotatable bonds is 2. The van der Waals surface area contributed by atoms with E-state index in [1.807, 2.05) is 0 Å². The summed E-state index contributed by atoms with van der Waals surface area (Å²) >= 11 is 0. The third kappa shape index (κ3) is 2.39. The predicted molar refractivity (Wildman–Crippen MR) is 72.2 cm³/mol. The monoisotopic (exact) mass is 292 g/mol. The number of carbonyl (C=O) groups excluding carboxylic acids is 1. The van der Waals surface area contributed by atoms with Gasteiger partial charge in [0.25, 0.3) is 5.91 Å². The van der Waals surface area contributed by atoms with E-state index in [1.165, 1.54) is 17.2 Å². The molecule has 2 aliphatic rings. The van der Waals surface area contributed by atoms with Crippen molar-refractivity contribution in [2.75, 3.05) is 0 Å². The first-order valence-corrected chi connectivity index (χ1v) is 7.24. The number of aliphatic carboxylic acids is 1. The van der Waals surface area contributed by atoms with Crippen LogP contribution in [-0.4, -0.2) is 39.0 Å². The van der Waals surface area contributed by atoms with Crippen molar-refractivity contribution >= 4 is 11.9 Å². The van der Waals surface area contributed by atoms with Gasteiger partial charge in [0, 0.05) is 12.2 Å². The van der Waals surface area contributed by atoms with Crippen LogP contribution in [-0.2, 0) is 4.79 Å². The second-order valence-corrected chi connectivity index (χ2v) is 5.77. The Kier molecular flexibility index (Phi) is 3.61. The molecule has 0 aromatic carbocycles. The van der Waals surface area contributed by atoms with Crippen molar-refractivity contribution in [1.82, 2.24) is 9.88 Å². The number of halogens is 1. The molecule has 6 heteroatoms. The van der Waals surface area contributed by atoms with Gasteiger partial charge in [-0.3, -0.25) is 9.78 Å². The second kappa shape index (κ2) is 5.42. The van der Waals surface area contributed by atoms with E-state index in [4.69, 9.17) is 0 Å². The smallest absolute Gasteiger partial charge is 0.326 e. The summed E-state index contributed by atoms with van der Waals surface area (Å²) in [7, 11) is 0. The molecule has 3 atom stereocenters. The van der Waals surface area contributed by atoms with Gasteiger partial charge in [-0.25, -0.2) is 9.18 Å². The van der Waals surface area contributed by atoms with Crippen LogP contribution in [0.3, 0.4) is 0 Å². The Morgan fingerprint density at radius 1 is 1.33 bits per heavy atom. The van der Waals surface area contributed by atoms with Gasteiger partial charge in [-0.05, 0) is 31.2 Å². The van der Waals surface area contributed by atoms with Crippen LogP contribution in [0, 0.1) is 11.7 Å². The molecule has 3 rings (SSSR count). The minimum Gasteiger partial charge on any atom is -0.480 e. The number of likely N-dealkylation sites (tertiary alicyclic amines) is 1. The largest absolute Gasteiger partial charge is 0.480 e. The topological polar surface area (TPSA) is 70.5 Å². The Bertz CT molecular complexity index is 578. The molecule has 1 aliphatic heterocycles. The molecule has 3 unspecified atom stereocenters. The maximum Gasteiger partial charge on any atom is 0.326 e. The number of aromatic nitrogens is 1. The number of nitrogens with zero attached hydrogens (tertiary/aromatic N) is 2. The molecule has 1 saturated carbocycles. The molecular weight excluding hydrogens is 275 g/mol. The van der Waals surface area contributed by atoms with Crippen molar-refractivity contribution in [2.24, 2.45) is 5.92 Å². The van der Waals surface area contributed by atoms with Crippen molar-refractivity contribution in [2.45, 2.75) is 44.2 Å². The van der Waals surface area contributed by atoms with E-state index in [0.29, 0.717) is 6.42 Å². The number of hydrogen-bond donors (Lipinski definition) is 1. The van der Waals surface area contributed by atoms with E-state index in [2.05, 4.69) is 4.98 Å². The normalized spacial score (nSPS) is 28.2. The van der Waals surface area contributed by atoms with Crippen molar-refractivity contribution in [3.05, 3.63) is 29.8 Å². The summed E-state index contributed by atoms with van der Waals surface area (Å²) in [4.78, 5) is 29.1. The van der Waals surface area contributed by atoms with E-state index in [1.54, 1.807) is 0 Å². The minimum atomic E-state index is -1.01. The van der Waals surface area contributed by atoms with E-state index in [0.717, 1.165) is 31.9 Å². The van der Waals surface area contributed by atoms with Crippen LogP contribution in [0.5, 0.6) is 0 Å². The third-order valence-electron chi connectivity index (χ3n) is 4.61. The first-order valence-electron chi connectivity index (χ1n) is 7.24. The van der Waals surface area contributed by atoms with Gasteiger partial charge < -0.3 is 10.0 Å². The molecule has 1 aliphatic carbocycles. The number of amides is 1. The molecule has 1 N–H and O–H groups in total. The van der Waals surface area contributed by atoms with E-state index >= 15 is 0 Å². The molecule has 2 fully saturated rings. The molecule has 1 amide bonds. The average molecular weight is 292 g/mol. The van der Waals surface area contributed by atoms with Gasteiger partial charge in [-0.2, -0.15) is 0 Å². The minimum absolute atomic E-state index is 0.0834. The molecule has 5 nitrogen and oxygen atoms in total. The van der Waals surface area contributed by atoms with Crippen molar-refractivity contribution in [3.8, 4) is 0 Å². The van der Waals surface area contributed by atoms with Crippen LogP contribution in [0.1, 0.15) is 42.5 Å². The number of pyridine rings is 1. The molecule has 0 spiro atoms. The van der Waals surface area contributed by atoms with Gasteiger partial charge in [0.05, 0.1) is 11.8 Å². The predicted octanol–water partition coefficient (Wildman–Crippen LogP) is 2.08. The molecule has 2 heterocycles.